The van der Waals surface area contributed by atoms with Crippen molar-refractivity contribution in [3.05, 3.63) is 58.9 Å². The minimum absolute atomic E-state index is 0.0255. The van der Waals surface area contributed by atoms with E-state index in [2.05, 4.69) is 11.4 Å². The third-order valence-electron chi connectivity index (χ3n) is 4.21. The molecule has 0 fully saturated rings. The molecule has 0 amide bonds. The lowest BCUT2D eigenvalue weighted by Gasteiger charge is -2.23. The van der Waals surface area contributed by atoms with Gasteiger partial charge < -0.3 is 10.1 Å². The van der Waals surface area contributed by atoms with Gasteiger partial charge in [-0.15, -0.1) is 0 Å². The maximum atomic E-state index is 14.1. The zero-order chi connectivity index (χ0) is 18.8. The van der Waals surface area contributed by atoms with Crippen LogP contribution in [0, 0.1) is 12.7 Å². The number of methoxy groups -OCH3 is 1. The first kappa shape index (κ1) is 19.4. The number of ether oxygens (including phenoxy) is 1. The van der Waals surface area contributed by atoms with Gasteiger partial charge >= 0.3 is 0 Å². The molecule has 2 aromatic rings. The smallest absolute Gasteiger partial charge is 0.178 e. The molecule has 0 radical (unpaired) electrons. The predicted octanol–water partition coefficient (Wildman–Crippen LogP) is 3.96. The second-order valence-electron chi connectivity index (χ2n) is 6.32. The van der Waals surface area contributed by atoms with E-state index in [0.717, 1.165) is 23.1 Å². The highest BCUT2D eigenvalue weighted by molar-refractivity contribution is 7.90. The Morgan fingerprint density at radius 3 is 2.32 bits per heavy atom. The molecule has 25 heavy (non-hydrogen) atoms. The SMILES string of the molecule is COc1ccc(C)cc1[C@@H](C)NC(C)c1ccc(S(C)(=O)=O)c(F)c1. The maximum Gasteiger partial charge on any atom is 0.178 e. The quantitative estimate of drug-likeness (QED) is 0.842. The highest BCUT2D eigenvalue weighted by Crippen LogP contribution is 2.29. The lowest BCUT2D eigenvalue weighted by atomic mass is 10.0. The van der Waals surface area contributed by atoms with Gasteiger partial charge in [-0.1, -0.05) is 23.8 Å². The van der Waals surface area contributed by atoms with Crippen LogP contribution in [0.1, 0.15) is 42.6 Å². The van der Waals surface area contributed by atoms with Gasteiger partial charge in [0.2, 0.25) is 0 Å². The van der Waals surface area contributed by atoms with Crippen molar-refractivity contribution in [3.63, 3.8) is 0 Å². The van der Waals surface area contributed by atoms with Crippen molar-refractivity contribution in [2.24, 2.45) is 0 Å². The second-order valence-corrected chi connectivity index (χ2v) is 8.30. The molecule has 0 aliphatic carbocycles. The van der Waals surface area contributed by atoms with Gasteiger partial charge in [0.1, 0.15) is 16.5 Å². The number of benzene rings is 2. The Labute approximate surface area is 148 Å². The average Bonchev–Trinajstić information content (AvgIpc) is 2.53. The zero-order valence-electron chi connectivity index (χ0n) is 15.1. The number of halogens is 1. The number of sulfone groups is 1. The monoisotopic (exact) mass is 365 g/mol. The molecule has 0 saturated heterocycles. The van der Waals surface area contributed by atoms with E-state index in [1.807, 2.05) is 32.9 Å². The summed E-state index contributed by atoms with van der Waals surface area (Å²) in [7, 11) is -1.94. The van der Waals surface area contributed by atoms with E-state index in [1.165, 1.54) is 12.1 Å². The predicted molar refractivity (Wildman–Crippen MR) is 97.2 cm³/mol. The van der Waals surface area contributed by atoms with Crippen molar-refractivity contribution in [1.29, 1.82) is 0 Å². The minimum atomic E-state index is -3.57. The van der Waals surface area contributed by atoms with E-state index in [4.69, 9.17) is 4.74 Å². The number of hydrogen-bond acceptors (Lipinski definition) is 4. The van der Waals surface area contributed by atoms with Crippen LogP contribution < -0.4 is 10.1 Å². The Kier molecular flexibility index (Phi) is 5.85. The third-order valence-corrected chi connectivity index (χ3v) is 5.34. The summed E-state index contributed by atoms with van der Waals surface area (Å²) in [5, 5.41) is 3.40. The Bertz CT molecular complexity index is 865. The summed E-state index contributed by atoms with van der Waals surface area (Å²) in [5.41, 5.74) is 2.83. The first-order valence-electron chi connectivity index (χ1n) is 8.03. The van der Waals surface area contributed by atoms with Crippen LogP contribution in [0.3, 0.4) is 0 Å². The summed E-state index contributed by atoms with van der Waals surface area (Å²) in [6.45, 7) is 5.93. The van der Waals surface area contributed by atoms with Crippen molar-refractivity contribution in [2.45, 2.75) is 37.8 Å². The largest absolute Gasteiger partial charge is 0.496 e. The lowest BCUT2D eigenvalue weighted by Crippen LogP contribution is -2.23. The average molecular weight is 365 g/mol. The topological polar surface area (TPSA) is 55.4 Å². The van der Waals surface area contributed by atoms with Crippen LogP contribution >= 0.6 is 0 Å². The summed E-state index contributed by atoms with van der Waals surface area (Å²) in [5.74, 6) is 0.0610. The Morgan fingerprint density at radius 1 is 1.08 bits per heavy atom. The number of hydrogen-bond donors (Lipinski definition) is 1. The highest BCUT2D eigenvalue weighted by atomic mass is 32.2. The van der Waals surface area contributed by atoms with Crippen LogP contribution in [0.15, 0.2) is 41.3 Å². The van der Waals surface area contributed by atoms with E-state index in [9.17, 15) is 12.8 Å². The molecular weight excluding hydrogens is 341 g/mol. The molecule has 0 saturated carbocycles. The van der Waals surface area contributed by atoms with E-state index in [1.54, 1.807) is 13.2 Å². The van der Waals surface area contributed by atoms with Crippen LogP contribution in [0.5, 0.6) is 5.75 Å². The Balaban J connectivity index is 2.24. The van der Waals surface area contributed by atoms with Gasteiger partial charge in [-0.05, 0) is 44.5 Å². The standard InChI is InChI=1S/C19H24FNO3S/c1-12-6-8-18(24-4)16(10-12)14(3)21-13(2)15-7-9-19(17(20)11-15)25(5,22)23/h6-11,13-14,21H,1-5H3/t13?,14-/m1/s1. The molecule has 0 aliphatic heterocycles. The van der Waals surface area contributed by atoms with Crippen LogP contribution in [0.25, 0.3) is 0 Å². The molecule has 0 aromatic heterocycles. The summed E-state index contributed by atoms with van der Waals surface area (Å²) in [4.78, 5) is -0.281. The van der Waals surface area contributed by atoms with E-state index >= 15 is 0 Å². The van der Waals surface area contributed by atoms with Gasteiger partial charge in [0.15, 0.2) is 9.84 Å². The molecule has 1 unspecified atom stereocenters. The molecular formula is C19H24FNO3S. The number of rotatable bonds is 6. The number of aryl methyl sites for hydroxylation is 1. The molecule has 2 rings (SSSR count). The summed E-state index contributed by atoms with van der Waals surface area (Å²) in [6.07, 6.45) is 0.999. The van der Waals surface area contributed by atoms with Gasteiger partial charge in [-0.25, -0.2) is 12.8 Å². The molecule has 0 heterocycles. The van der Waals surface area contributed by atoms with Crippen molar-refractivity contribution in [2.75, 3.05) is 13.4 Å². The van der Waals surface area contributed by atoms with Gasteiger partial charge in [0.05, 0.1) is 7.11 Å². The van der Waals surface area contributed by atoms with E-state index in [-0.39, 0.29) is 17.0 Å². The van der Waals surface area contributed by atoms with Crippen LogP contribution in [-0.2, 0) is 9.84 Å². The highest BCUT2D eigenvalue weighted by Gasteiger charge is 2.18. The molecule has 2 aromatic carbocycles. The first-order chi connectivity index (χ1) is 11.6. The second kappa shape index (κ2) is 7.54. The lowest BCUT2D eigenvalue weighted by molar-refractivity contribution is 0.396. The fourth-order valence-electron chi connectivity index (χ4n) is 2.84. The summed E-state index contributed by atoms with van der Waals surface area (Å²) in [6, 6.07) is 10.00. The van der Waals surface area contributed by atoms with Gasteiger partial charge in [0, 0.05) is 23.9 Å². The fraction of sp³-hybridized carbons (Fsp3) is 0.368. The Morgan fingerprint density at radius 2 is 1.76 bits per heavy atom. The van der Waals surface area contributed by atoms with Crippen molar-refractivity contribution in [3.8, 4) is 5.75 Å². The summed E-state index contributed by atoms with van der Waals surface area (Å²) >= 11 is 0. The summed E-state index contributed by atoms with van der Waals surface area (Å²) < 4.78 is 42.6. The molecule has 1 N–H and O–H groups in total. The zero-order valence-corrected chi connectivity index (χ0v) is 15.9. The van der Waals surface area contributed by atoms with Crippen molar-refractivity contribution >= 4 is 9.84 Å². The van der Waals surface area contributed by atoms with E-state index < -0.39 is 15.7 Å². The molecule has 0 spiro atoms. The van der Waals surface area contributed by atoms with Crippen LogP contribution in [0.4, 0.5) is 4.39 Å². The third kappa shape index (κ3) is 4.58. The van der Waals surface area contributed by atoms with Gasteiger partial charge in [0.25, 0.3) is 0 Å². The van der Waals surface area contributed by atoms with Gasteiger partial charge in [-0.3, -0.25) is 0 Å². The number of nitrogens with one attached hydrogen (secondary N) is 1. The molecule has 4 nitrogen and oxygen atoms in total. The maximum absolute atomic E-state index is 14.1. The molecule has 0 bridgehead atoms. The van der Waals surface area contributed by atoms with Crippen LogP contribution in [-0.4, -0.2) is 21.8 Å². The van der Waals surface area contributed by atoms with Crippen molar-refractivity contribution < 1.29 is 17.5 Å². The molecule has 2 atom stereocenters. The van der Waals surface area contributed by atoms with E-state index in [0.29, 0.717) is 5.56 Å². The normalized spacial score (nSPS) is 14.2. The van der Waals surface area contributed by atoms with Gasteiger partial charge in [-0.2, -0.15) is 0 Å². The molecule has 0 aliphatic rings. The Hall–Kier alpha value is -1.92. The minimum Gasteiger partial charge on any atom is -0.496 e. The van der Waals surface area contributed by atoms with Crippen LogP contribution in [0.2, 0.25) is 0 Å². The fourth-order valence-corrected chi connectivity index (χ4v) is 3.57. The molecule has 6 heteroatoms. The van der Waals surface area contributed by atoms with Crippen molar-refractivity contribution in [1.82, 2.24) is 5.32 Å². The first-order valence-corrected chi connectivity index (χ1v) is 9.92. The molecule has 136 valence electrons.